The number of nitrogens with zero attached hydrogens (tertiary/aromatic N) is 1. The van der Waals surface area contributed by atoms with Gasteiger partial charge in [0.15, 0.2) is 0 Å². The molecule has 116 valence electrons. The maximum absolute atomic E-state index is 11.7. The molecule has 0 bridgehead atoms. The first-order chi connectivity index (χ1) is 10.1. The molecule has 1 saturated heterocycles. The van der Waals surface area contributed by atoms with Crippen molar-refractivity contribution in [3.63, 3.8) is 0 Å². The molecule has 21 heavy (non-hydrogen) atoms. The van der Waals surface area contributed by atoms with Crippen molar-refractivity contribution >= 4 is 11.6 Å². The van der Waals surface area contributed by atoms with Crippen molar-refractivity contribution in [3.05, 3.63) is 29.3 Å². The number of nitrogens with one attached hydrogen (secondary N) is 1. The van der Waals surface area contributed by atoms with Gasteiger partial charge < -0.3 is 20.7 Å². The number of primary amides is 1. The number of benzene rings is 1. The van der Waals surface area contributed by atoms with Crippen molar-refractivity contribution in [1.82, 2.24) is 5.32 Å². The second-order valence-electron chi connectivity index (χ2n) is 5.50. The summed E-state index contributed by atoms with van der Waals surface area (Å²) >= 11 is 0. The minimum Gasteiger partial charge on any atom is -0.377 e. The van der Waals surface area contributed by atoms with Crippen LogP contribution in [0.3, 0.4) is 0 Å². The second kappa shape index (κ2) is 7.43. The van der Waals surface area contributed by atoms with Gasteiger partial charge in [-0.1, -0.05) is 24.6 Å². The highest BCUT2D eigenvalue weighted by atomic mass is 16.5. The number of anilines is 1. The van der Waals surface area contributed by atoms with Gasteiger partial charge in [-0.25, -0.2) is 0 Å². The van der Waals surface area contributed by atoms with E-state index >= 15 is 0 Å². The molecular weight excluding hydrogens is 266 g/mol. The SMILES string of the molecule is CCCNCc1cc(C)ccc1N1CCOCC1C(N)=O. The molecule has 1 heterocycles. The van der Waals surface area contributed by atoms with Gasteiger partial charge in [0.1, 0.15) is 6.04 Å². The second-order valence-corrected chi connectivity index (χ2v) is 5.50. The molecule has 0 saturated carbocycles. The summed E-state index contributed by atoms with van der Waals surface area (Å²) in [5.41, 5.74) is 9.02. The van der Waals surface area contributed by atoms with Crippen LogP contribution < -0.4 is 16.0 Å². The lowest BCUT2D eigenvalue weighted by atomic mass is 10.1. The smallest absolute Gasteiger partial charge is 0.242 e. The predicted octanol–water partition coefficient (Wildman–Crippen LogP) is 1.19. The molecule has 1 amide bonds. The molecule has 3 N–H and O–H groups in total. The Morgan fingerprint density at radius 1 is 1.52 bits per heavy atom. The van der Waals surface area contributed by atoms with Gasteiger partial charge in [0.05, 0.1) is 13.2 Å². The van der Waals surface area contributed by atoms with Crippen LogP contribution in [-0.4, -0.2) is 38.3 Å². The van der Waals surface area contributed by atoms with Crippen LogP contribution in [0, 0.1) is 6.92 Å². The molecule has 2 rings (SSSR count). The molecule has 1 aliphatic heterocycles. The molecule has 1 aromatic carbocycles. The zero-order valence-corrected chi connectivity index (χ0v) is 12.9. The molecule has 1 atom stereocenters. The van der Waals surface area contributed by atoms with E-state index in [4.69, 9.17) is 10.5 Å². The summed E-state index contributed by atoms with van der Waals surface area (Å²) in [6.45, 7) is 7.69. The minimum absolute atomic E-state index is 0.331. The maximum Gasteiger partial charge on any atom is 0.242 e. The van der Waals surface area contributed by atoms with E-state index in [0.29, 0.717) is 19.8 Å². The summed E-state index contributed by atoms with van der Waals surface area (Å²) in [4.78, 5) is 13.7. The van der Waals surface area contributed by atoms with Crippen molar-refractivity contribution in [3.8, 4) is 0 Å². The van der Waals surface area contributed by atoms with E-state index in [9.17, 15) is 4.79 Å². The Labute approximate surface area is 126 Å². The normalized spacial score (nSPS) is 18.8. The fraction of sp³-hybridized carbons (Fsp3) is 0.562. The van der Waals surface area contributed by atoms with Gasteiger partial charge in [0.2, 0.25) is 5.91 Å². The summed E-state index contributed by atoms with van der Waals surface area (Å²) in [6, 6.07) is 5.95. The number of carbonyl (C=O) groups is 1. The first kappa shape index (κ1) is 15.8. The highest BCUT2D eigenvalue weighted by Crippen LogP contribution is 2.25. The molecule has 0 spiro atoms. The van der Waals surface area contributed by atoms with E-state index in [1.165, 1.54) is 11.1 Å². The Hall–Kier alpha value is -1.59. The summed E-state index contributed by atoms with van der Waals surface area (Å²) in [5, 5.41) is 3.43. The van der Waals surface area contributed by atoms with Crippen molar-refractivity contribution in [1.29, 1.82) is 0 Å². The van der Waals surface area contributed by atoms with Gasteiger partial charge in [-0.3, -0.25) is 4.79 Å². The fourth-order valence-corrected chi connectivity index (χ4v) is 2.66. The molecule has 1 aliphatic rings. The number of ether oxygens (including phenoxy) is 1. The molecule has 0 aliphatic carbocycles. The van der Waals surface area contributed by atoms with Crippen LogP contribution in [0.25, 0.3) is 0 Å². The molecule has 0 radical (unpaired) electrons. The number of aryl methyl sites for hydroxylation is 1. The van der Waals surface area contributed by atoms with Gasteiger partial charge in [0.25, 0.3) is 0 Å². The van der Waals surface area contributed by atoms with Crippen LogP contribution >= 0.6 is 0 Å². The Morgan fingerprint density at radius 3 is 3.05 bits per heavy atom. The zero-order chi connectivity index (χ0) is 15.2. The molecule has 5 heteroatoms. The first-order valence-electron chi connectivity index (χ1n) is 7.57. The van der Waals surface area contributed by atoms with E-state index in [1.807, 2.05) is 0 Å². The summed E-state index contributed by atoms with van der Waals surface area (Å²) < 4.78 is 5.40. The predicted molar refractivity (Wildman–Crippen MR) is 84.3 cm³/mol. The van der Waals surface area contributed by atoms with Crippen LogP contribution in [0.1, 0.15) is 24.5 Å². The lowest BCUT2D eigenvalue weighted by Gasteiger charge is -2.36. The number of hydrogen-bond acceptors (Lipinski definition) is 4. The van der Waals surface area contributed by atoms with Crippen LogP contribution in [0.2, 0.25) is 0 Å². The van der Waals surface area contributed by atoms with Gasteiger partial charge in [0, 0.05) is 18.8 Å². The highest BCUT2D eigenvalue weighted by molar-refractivity contribution is 5.84. The van der Waals surface area contributed by atoms with Crippen LogP contribution in [0.15, 0.2) is 18.2 Å². The Morgan fingerprint density at radius 2 is 2.33 bits per heavy atom. The van der Waals surface area contributed by atoms with E-state index in [1.54, 1.807) is 0 Å². The topological polar surface area (TPSA) is 67.6 Å². The summed E-state index contributed by atoms with van der Waals surface area (Å²) in [7, 11) is 0. The van der Waals surface area contributed by atoms with Crippen LogP contribution in [0.5, 0.6) is 0 Å². The van der Waals surface area contributed by atoms with Crippen molar-refractivity contribution in [2.24, 2.45) is 5.73 Å². The fourth-order valence-electron chi connectivity index (χ4n) is 2.66. The Kier molecular flexibility index (Phi) is 5.59. The lowest BCUT2D eigenvalue weighted by Crippen LogP contribution is -2.53. The van der Waals surface area contributed by atoms with Crippen LogP contribution in [0.4, 0.5) is 5.69 Å². The standard InChI is InChI=1S/C16H25N3O2/c1-3-6-18-10-13-9-12(2)4-5-14(13)19-7-8-21-11-15(19)16(17)20/h4-5,9,15,18H,3,6-8,10-11H2,1-2H3,(H2,17,20). The largest absolute Gasteiger partial charge is 0.377 e. The van der Waals surface area contributed by atoms with Gasteiger partial charge in [-0.2, -0.15) is 0 Å². The third-order valence-electron chi connectivity index (χ3n) is 3.74. The Bertz CT molecular complexity index is 490. The average molecular weight is 291 g/mol. The first-order valence-corrected chi connectivity index (χ1v) is 7.57. The van der Waals surface area contributed by atoms with Crippen molar-refractivity contribution in [2.45, 2.75) is 32.9 Å². The molecular formula is C16H25N3O2. The maximum atomic E-state index is 11.7. The third kappa shape index (κ3) is 3.95. The van der Waals surface area contributed by atoms with Crippen molar-refractivity contribution in [2.75, 3.05) is 31.2 Å². The van der Waals surface area contributed by atoms with Crippen molar-refractivity contribution < 1.29 is 9.53 Å². The number of carbonyl (C=O) groups excluding carboxylic acids is 1. The number of hydrogen-bond donors (Lipinski definition) is 2. The Balaban J connectivity index is 2.25. The zero-order valence-electron chi connectivity index (χ0n) is 12.9. The number of nitrogens with two attached hydrogens (primary N) is 1. The third-order valence-corrected chi connectivity index (χ3v) is 3.74. The van der Waals surface area contributed by atoms with E-state index in [2.05, 4.69) is 42.3 Å². The number of morpholine rings is 1. The number of amides is 1. The van der Waals surface area contributed by atoms with Gasteiger partial charge in [-0.15, -0.1) is 0 Å². The molecule has 5 nitrogen and oxygen atoms in total. The molecule has 1 aromatic rings. The molecule has 1 fully saturated rings. The quantitative estimate of drug-likeness (QED) is 0.773. The van der Waals surface area contributed by atoms with E-state index in [0.717, 1.165) is 25.2 Å². The summed E-state index contributed by atoms with van der Waals surface area (Å²) in [5.74, 6) is -0.331. The van der Waals surface area contributed by atoms with E-state index in [-0.39, 0.29) is 11.9 Å². The minimum atomic E-state index is -0.383. The summed E-state index contributed by atoms with van der Waals surface area (Å²) in [6.07, 6.45) is 1.10. The molecule has 1 unspecified atom stereocenters. The monoisotopic (exact) mass is 291 g/mol. The van der Waals surface area contributed by atoms with E-state index < -0.39 is 0 Å². The lowest BCUT2D eigenvalue weighted by molar-refractivity contribution is -0.121. The molecule has 0 aromatic heterocycles. The van der Waals surface area contributed by atoms with Gasteiger partial charge >= 0.3 is 0 Å². The average Bonchev–Trinajstić information content (AvgIpc) is 2.48. The van der Waals surface area contributed by atoms with Crippen LogP contribution in [-0.2, 0) is 16.1 Å². The van der Waals surface area contributed by atoms with Gasteiger partial charge in [-0.05, 0) is 31.5 Å². The highest BCUT2D eigenvalue weighted by Gasteiger charge is 2.29. The number of rotatable bonds is 6.